The molecular weight excluding hydrogens is 982 g/mol. The summed E-state index contributed by atoms with van der Waals surface area (Å²) in [5.41, 5.74) is 3.33. The van der Waals surface area contributed by atoms with Gasteiger partial charge in [0.15, 0.2) is 17.5 Å². The second-order valence-electron chi connectivity index (χ2n) is 17.3. The number of pyridine rings is 1. The molecule has 6 aromatic rings. The third-order valence-electron chi connectivity index (χ3n) is 11.8. The van der Waals surface area contributed by atoms with Crippen LogP contribution in [0.15, 0.2) is 85.2 Å². The Balaban J connectivity index is 1.07. The van der Waals surface area contributed by atoms with Gasteiger partial charge in [-0.2, -0.15) is 9.97 Å². The van der Waals surface area contributed by atoms with E-state index in [4.69, 9.17) is 42.6 Å². The summed E-state index contributed by atoms with van der Waals surface area (Å²) < 4.78 is 65.7. The number of anilines is 10. The van der Waals surface area contributed by atoms with Crippen LogP contribution in [0.2, 0.25) is 10.0 Å². The number of hydrogen-bond donors (Lipinski definition) is 4. The van der Waals surface area contributed by atoms with Crippen LogP contribution in [0.25, 0.3) is 0 Å². The summed E-state index contributed by atoms with van der Waals surface area (Å²) in [6, 6.07) is 22.4. The number of halogens is 2. The average Bonchev–Trinajstić information content (AvgIpc) is 4.17. The minimum Gasteiger partial charge on any atom is -0.495 e. The van der Waals surface area contributed by atoms with Crippen LogP contribution in [0.5, 0.6) is 11.5 Å². The van der Waals surface area contributed by atoms with Gasteiger partial charge in [0.2, 0.25) is 21.9 Å². The normalized spacial score (nSPS) is 15.2. The Kier molecular flexibility index (Phi) is 14.7. The number of sulfonamides is 1. The molecule has 4 N–H and O–H groups in total. The molecule has 2 fully saturated rings. The lowest BCUT2D eigenvalue weighted by molar-refractivity contribution is 0.248. The Morgan fingerprint density at radius 3 is 2.07 bits per heavy atom. The summed E-state index contributed by atoms with van der Waals surface area (Å²) in [7, 11) is -5.21. The average molecular weight is 1040 g/mol. The molecule has 8 rings (SSSR count). The Morgan fingerprint density at radius 2 is 1.39 bits per heavy atom. The molecule has 0 amide bonds. The van der Waals surface area contributed by atoms with Crippen LogP contribution in [-0.2, 0) is 25.3 Å². The first-order valence-corrected chi connectivity index (χ1v) is 29.5. The van der Waals surface area contributed by atoms with Gasteiger partial charge in [0.05, 0.1) is 55.1 Å². The Bertz CT molecular complexity index is 3100. The number of ether oxygens (including phenoxy) is 2. The molecule has 4 heterocycles. The van der Waals surface area contributed by atoms with E-state index >= 15 is 0 Å². The summed E-state index contributed by atoms with van der Waals surface area (Å²) in [5.74, 6) is 1.78. The van der Waals surface area contributed by atoms with Crippen molar-refractivity contribution < 1.29 is 27.0 Å². The molecule has 69 heavy (non-hydrogen) atoms. The van der Waals surface area contributed by atoms with Gasteiger partial charge in [0.1, 0.15) is 35.8 Å². The lowest BCUT2D eigenvalue weighted by Crippen LogP contribution is -2.47. The maximum atomic E-state index is 14.9. The highest BCUT2D eigenvalue weighted by Crippen LogP contribution is 2.48. The van der Waals surface area contributed by atoms with Crippen molar-refractivity contribution in [1.29, 1.82) is 0 Å². The molecule has 1 saturated carbocycles. The fourth-order valence-electron chi connectivity index (χ4n) is 7.92. The topological polar surface area (TPSA) is 209 Å². The minimum atomic E-state index is -3.63. The van der Waals surface area contributed by atoms with Crippen LogP contribution >= 0.6 is 37.5 Å². The van der Waals surface area contributed by atoms with Crippen LogP contribution in [0.3, 0.4) is 0 Å². The largest absolute Gasteiger partial charge is 0.495 e. The summed E-state index contributed by atoms with van der Waals surface area (Å²) in [4.78, 5) is 27.7. The number of aromatic nitrogens is 5. The number of nitrogens with one attached hydrogen (secondary N) is 4. The summed E-state index contributed by atoms with van der Waals surface area (Å²) in [6.07, 6.45) is 6.44. The lowest BCUT2D eigenvalue weighted by Gasteiger charge is -2.36. The van der Waals surface area contributed by atoms with Crippen molar-refractivity contribution in [3.8, 4) is 11.5 Å². The molecule has 1 atom stereocenters. The molecule has 23 heteroatoms. The van der Waals surface area contributed by atoms with Gasteiger partial charge in [-0.05, 0) is 87.4 Å². The zero-order chi connectivity index (χ0) is 49.3. The molecule has 3 aromatic carbocycles. The molecule has 0 bridgehead atoms. The third-order valence-corrected chi connectivity index (χ3v) is 17.5. The van der Waals surface area contributed by atoms with Crippen molar-refractivity contribution in [2.24, 2.45) is 0 Å². The van der Waals surface area contributed by atoms with Crippen LogP contribution in [0.4, 0.5) is 57.8 Å². The highest BCUT2D eigenvalue weighted by molar-refractivity contribution is 7.92. The SMILES string of the molecule is COc1cc(P(C)(=O)Cc2nc(Nc3ccc(N4CCN(C5CC5)CC4)cc3OC)nc(Nc3ccccc3P(C)(C)=O)c2Cl)ccc1Nc1ncc(Cl)c(Nc2cccnc2N(C)S(C)(=O)=O)n1. The quantitative estimate of drug-likeness (QED) is 0.0594. The van der Waals surface area contributed by atoms with Crippen LogP contribution < -0.4 is 50.6 Å². The predicted octanol–water partition coefficient (Wildman–Crippen LogP) is 8.71. The van der Waals surface area contributed by atoms with Crippen molar-refractivity contribution in [2.45, 2.75) is 25.0 Å². The van der Waals surface area contributed by atoms with Gasteiger partial charge >= 0.3 is 0 Å². The van der Waals surface area contributed by atoms with E-state index in [1.54, 1.807) is 63.5 Å². The predicted molar refractivity (Wildman–Crippen MR) is 280 cm³/mol. The molecule has 2 aliphatic rings. The van der Waals surface area contributed by atoms with E-state index in [1.165, 1.54) is 39.4 Å². The maximum Gasteiger partial charge on any atom is 0.233 e. The van der Waals surface area contributed by atoms with Crippen molar-refractivity contribution in [1.82, 2.24) is 29.8 Å². The first-order valence-electron chi connectivity index (χ1n) is 21.9. The molecule has 18 nitrogen and oxygen atoms in total. The molecular formula is C46H54Cl2N12O6P2S. The van der Waals surface area contributed by atoms with Crippen molar-refractivity contribution >= 4 is 116 Å². The van der Waals surface area contributed by atoms with Gasteiger partial charge in [-0.1, -0.05) is 35.3 Å². The monoisotopic (exact) mass is 1030 g/mol. The van der Waals surface area contributed by atoms with E-state index in [0.29, 0.717) is 50.6 Å². The fraction of sp³-hybridized carbons (Fsp3) is 0.326. The van der Waals surface area contributed by atoms with Gasteiger partial charge in [0.25, 0.3) is 0 Å². The fourth-order valence-corrected chi connectivity index (χ4v) is 11.7. The number of methoxy groups -OCH3 is 2. The van der Waals surface area contributed by atoms with E-state index in [1.807, 2.05) is 36.4 Å². The van der Waals surface area contributed by atoms with E-state index < -0.39 is 24.3 Å². The highest BCUT2D eigenvalue weighted by atomic mass is 35.5. The second kappa shape index (κ2) is 20.3. The maximum absolute atomic E-state index is 14.9. The Labute approximate surface area is 412 Å². The van der Waals surface area contributed by atoms with Crippen LogP contribution in [0, 0.1) is 0 Å². The van der Waals surface area contributed by atoms with Gasteiger partial charge in [0, 0.05) is 74.0 Å². The molecule has 3 aromatic heterocycles. The third kappa shape index (κ3) is 11.7. The smallest absolute Gasteiger partial charge is 0.233 e. The number of para-hydroxylation sites is 1. The van der Waals surface area contributed by atoms with E-state index in [-0.39, 0.29) is 45.6 Å². The van der Waals surface area contributed by atoms with Crippen LogP contribution in [-0.4, -0.2) is 118 Å². The standard InChI is InChI=1S/C46H54Cl2N12O6P2S/c1-58(69(7,63)64)44-36(12-10-20-49-44)52-42-32(47)27-50-45(56-42)53-34-19-17-31(26-39(34)66-3)68(6,62)28-37-41(48)43(51-35-11-8-9-13-40(35)67(4,5)61)57-46(55-37)54-33-18-16-30(25-38(33)65-2)60-23-21-59(22-24-60)29-14-15-29/h8-13,16-20,25-27,29H,14-15,21-24,28H2,1-7H3,(H2,50,52,53,56)(H2,51,54,55,57). The zero-order valence-corrected chi connectivity index (χ0v) is 43.3. The van der Waals surface area contributed by atoms with Crippen molar-refractivity contribution in [3.63, 3.8) is 0 Å². The van der Waals surface area contributed by atoms with Gasteiger partial charge < -0.3 is 44.8 Å². The van der Waals surface area contributed by atoms with E-state index in [9.17, 15) is 17.5 Å². The van der Waals surface area contributed by atoms with Crippen LogP contribution in [0.1, 0.15) is 18.5 Å². The number of hydrogen-bond acceptors (Lipinski definition) is 17. The Hall–Kier alpha value is -5.68. The molecule has 1 unspecified atom stereocenters. The first-order chi connectivity index (χ1) is 32.8. The zero-order valence-electron chi connectivity index (χ0n) is 39.2. The molecule has 0 radical (unpaired) electrons. The van der Waals surface area contributed by atoms with E-state index in [2.05, 4.69) is 46.0 Å². The second-order valence-corrected chi connectivity index (χ2v) is 26.3. The number of piperazine rings is 1. The molecule has 364 valence electrons. The van der Waals surface area contributed by atoms with Gasteiger partial charge in [-0.3, -0.25) is 9.21 Å². The number of rotatable bonds is 18. The number of benzene rings is 3. The van der Waals surface area contributed by atoms with E-state index in [0.717, 1.165) is 48.5 Å². The lowest BCUT2D eigenvalue weighted by atomic mass is 10.2. The van der Waals surface area contributed by atoms with Crippen molar-refractivity contribution in [3.05, 3.63) is 101 Å². The summed E-state index contributed by atoms with van der Waals surface area (Å²) in [5, 5.41) is 14.2. The van der Waals surface area contributed by atoms with Gasteiger partial charge in [-0.15, -0.1) is 0 Å². The van der Waals surface area contributed by atoms with Gasteiger partial charge in [-0.25, -0.2) is 23.4 Å². The molecule has 1 aliphatic carbocycles. The summed E-state index contributed by atoms with van der Waals surface area (Å²) in [6.45, 7) is 8.94. The molecule has 0 spiro atoms. The highest BCUT2D eigenvalue weighted by Gasteiger charge is 2.32. The Morgan fingerprint density at radius 1 is 0.754 bits per heavy atom. The minimum absolute atomic E-state index is 0.0710. The van der Waals surface area contributed by atoms with Crippen molar-refractivity contribution in [2.75, 3.05) is 104 Å². The first kappa shape index (κ1) is 49.7. The summed E-state index contributed by atoms with van der Waals surface area (Å²) >= 11 is 13.6. The molecule has 1 saturated heterocycles. The molecule has 1 aliphatic heterocycles. The number of nitrogens with zero attached hydrogens (tertiary/aromatic N) is 8.